The zero-order chi connectivity index (χ0) is 19.6. The van der Waals surface area contributed by atoms with Gasteiger partial charge in [-0.1, -0.05) is 77.6 Å². The monoisotopic (exact) mass is 382 g/mol. The molecule has 0 aliphatic heterocycles. The second-order valence-corrected chi connectivity index (χ2v) is 8.01. The predicted octanol–water partition coefficient (Wildman–Crippen LogP) is 6.50. The van der Waals surface area contributed by atoms with Gasteiger partial charge in [0.2, 0.25) is 0 Å². The highest BCUT2D eigenvalue weighted by molar-refractivity contribution is 5.77. The topological polar surface area (TPSA) is 52.6 Å². The molecule has 0 heterocycles. The fraction of sp³-hybridized carbons (Fsp3) is 0.913. The lowest BCUT2D eigenvalue weighted by Gasteiger charge is -2.15. The molecule has 0 saturated heterocycles. The number of ether oxygens (including phenoxy) is 2. The number of esters is 2. The first-order valence-corrected chi connectivity index (χ1v) is 11.6. The van der Waals surface area contributed by atoms with Crippen LogP contribution in [0.25, 0.3) is 0 Å². The van der Waals surface area contributed by atoms with Crippen molar-refractivity contribution in [1.82, 2.24) is 0 Å². The molecule has 0 amide bonds. The summed E-state index contributed by atoms with van der Waals surface area (Å²) in [6.45, 7) is 2.73. The second-order valence-electron chi connectivity index (χ2n) is 8.01. The third kappa shape index (κ3) is 14.6. The lowest BCUT2D eigenvalue weighted by molar-refractivity contribution is -0.154. The molecule has 27 heavy (non-hydrogen) atoms. The van der Waals surface area contributed by atoms with Crippen LogP contribution in [0.2, 0.25) is 0 Å². The maximum atomic E-state index is 11.9. The van der Waals surface area contributed by atoms with Crippen LogP contribution in [-0.4, -0.2) is 24.6 Å². The van der Waals surface area contributed by atoms with Crippen LogP contribution in [0.15, 0.2) is 0 Å². The van der Waals surface area contributed by atoms with Crippen LogP contribution in [0.5, 0.6) is 0 Å². The van der Waals surface area contributed by atoms with Gasteiger partial charge < -0.3 is 9.47 Å². The SMILES string of the molecule is CCCCCCCCCCCCOC(=O)CCC(=O)OC1CCCCCC1. The highest BCUT2D eigenvalue weighted by Crippen LogP contribution is 2.20. The molecule has 1 aliphatic carbocycles. The number of carbonyl (C=O) groups is 2. The van der Waals surface area contributed by atoms with Gasteiger partial charge in [0.05, 0.1) is 19.4 Å². The summed E-state index contributed by atoms with van der Waals surface area (Å²) >= 11 is 0. The van der Waals surface area contributed by atoms with Gasteiger partial charge in [0.15, 0.2) is 0 Å². The van der Waals surface area contributed by atoms with Gasteiger partial charge in [-0.25, -0.2) is 0 Å². The number of hydrogen-bond acceptors (Lipinski definition) is 4. The minimum absolute atomic E-state index is 0.0580. The standard InChI is InChI=1S/C23H42O4/c1-2-3-4-5-6-7-8-9-12-15-20-26-22(24)18-19-23(25)27-21-16-13-10-11-14-17-21/h21H,2-20H2,1H3. The first kappa shape index (κ1) is 24.0. The van der Waals surface area contributed by atoms with Crippen molar-refractivity contribution in [3.8, 4) is 0 Å². The van der Waals surface area contributed by atoms with Gasteiger partial charge in [-0.15, -0.1) is 0 Å². The van der Waals surface area contributed by atoms with Crippen LogP contribution in [0, 0.1) is 0 Å². The molecule has 0 unspecified atom stereocenters. The summed E-state index contributed by atoms with van der Waals surface area (Å²) in [6.07, 6.45) is 19.7. The number of carbonyl (C=O) groups excluding carboxylic acids is 2. The van der Waals surface area contributed by atoms with E-state index in [-0.39, 0.29) is 30.9 Å². The van der Waals surface area contributed by atoms with Crippen LogP contribution in [0.4, 0.5) is 0 Å². The van der Waals surface area contributed by atoms with Gasteiger partial charge in [0.25, 0.3) is 0 Å². The van der Waals surface area contributed by atoms with E-state index >= 15 is 0 Å². The van der Waals surface area contributed by atoms with E-state index in [4.69, 9.17) is 9.47 Å². The van der Waals surface area contributed by atoms with Crippen molar-refractivity contribution in [3.63, 3.8) is 0 Å². The molecule has 4 heteroatoms. The minimum Gasteiger partial charge on any atom is -0.466 e. The van der Waals surface area contributed by atoms with Crippen LogP contribution in [-0.2, 0) is 19.1 Å². The van der Waals surface area contributed by atoms with E-state index < -0.39 is 0 Å². The average Bonchev–Trinajstić information content (AvgIpc) is 2.93. The van der Waals surface area contributed by atoms with Crippen molar-refractivity contribution in [1.29, 1.82) is 0 Å². The summed E-state index contributed by atoms with van der Waals surface area (Å²) in [5.74, 6) is -0.526. The molecule has 1 saturated carbocycles. The first-order valence-electron chi connectivity index (χ1n) is 11.6. The Labute approximate surface area is 166 Å². The Kier molecular flexibility index (Phi) is 15.2. The maximum Gasteiger partial charge on any atom is 0.306 e. The quantitative estimate of drug-likeness (QED) is 0.184. The van der Waals surface area contributed by atoms with E-state index in [2.05, 4.69) is 6.92 Å². The third-order valence-electron chi connectivity index (χ3n) is 5.39. The summed E-state index contributed by atoms with van der Waals surface area (Å²) in [4.78, 5) is 23.6. The second kappa shape index (κ2) is 17.1. The van der Waals surface area contributed by atoms with Gasteiger partial charge >= 0.3 is 11.9 Å². The molecule has 0 aromatic heterocycles. The maximum absolute atomic E-state index is 11.9. The fourth-order valence-electron chi connectivity index (χ4n) is 3.66. The van der Waals surface area contributed by atoms with E-state index in [1.165, 1.54) is 64.2 Å². The smallest absolute Gasteiger partial charge is 0.306 e. The predicted molar refractivity (Wildman–Crippen MR) is 110 cm³/mol. The Hall–Kier alpha value is -1.06. The van der Waals surface area contributed by atoms with Gasteiger partial charge in [-0.3, -0.25) is 9.59 Å². The van der Waals surface area contributed by atoms with E-state index in [9.17, 15) is 9.59 Å². The lowest BCUT2D eigenvalue weighted by Crippen LogP contribution is -2.18. The lowest BCUT2D eigenvalue weighted by atomic mass is 10.1. The number of rotatable bonds is 15. The van der Waals surface area contributed by atoms with Gasteiger partial charge in [-0.05, 0) is 32.1 Å². The molecule has 0 N–H and O–H groups in total. The summed E-state index contributed by atoms with van der Waals surface area (Å²) in [5, 5.41) is 0. The van der Waals surface area contributed by atoms with Crippen LogP contribution in [0.1, 0.15) is 122 Å². The highest BCUT2D eigenvalue weighted by Gasteiger charge is 2.17. The summed E-state index contributed by atoms with van der Waals surface area (Å²) in [5.41, 5.74) is 0. The van der Waals surface area contributed by atoms with Crippen molar-refractivity contribution < 1.29 is 19.1 Å². The van der Waals surface area contributed by atoms with Crippen LogP contribution < -0.4 is 0 Å². The Bertz CT molecular complexity index is 373. The molecule has 158 valence electrons. The van der Waals surface area contributed by atoms with Crippen LogP contribution in [0.3, 0.4) is 0 Å². The third-order valence-corrected chi connectivity index (χ3v) is 5.39. The fourth-order valence-corrected chi connectivity index (χ4v) is 3.66. The van der Waals surface area contributed by atoms with E-state index in [1.807, 2.05) is 0 Å². The zero-order valence-corrected chi connectivity index (χ0v) is 17.6. The van der Waals surface area contributed by atoms with Gasteiger partial charge in [0, 0.05) is 0 Å². The molecule has 0 aromatic rings. The van der Waals surface area contributed by atoms with Gasteiger partial charge in [0.1, 0.15) is 6.10 Å². The summed E-state index contributed by atoms with van der Waals surface area (Å²) in [6, 6.07) is 0. The molecule has 0 radical (unpaired) electrons. The van der Waals surface area contributed by atoms with Crippen molar-refractivity contribution in [3.05, 3.63) is 0 Å². The van der Waals surface area contributed by atoms with Crippen molar-refractivity contribution in [2.75, 3.05) is 6.61 Å². The summed E-state index contributed by atoms with van der Waals surface area (Å²) < 4.78 is 10.7. The van der Waals surface area contributed by atoms with E-state index in [1.54, 1.807) is 0 Å². The normalized spacial score (nSPS) is 15.3. The Balaban J connectivity index is 1.88. The molecule has 1 rings (SSSR count). The molecule has 0 atom stereocenters. The summed E-state index contributed by atoms with van der Waals surface area (Å²) in [7, 11) is 0. The minimum atomic E-state index is -0.274. The van der Waals surface area contributed by atoms with Crippen molar-refractivity contribution in [2.24, 2.45) is 0 Å². The molecule has 0 aromatic carbocycles. The van der Waals surface area contributed by atoms with Gasteiger partial charge in [-0.2, -0.15) is 0 Å². The molecule has 0 bridgehead atoms. The van der Waals surface area contributed by atoms with Crippen molar-refractivity contribution in [2.45, 2.75) is 129 Å². The average molecular weight is 383 g/mol. The molecular formula is C23H42O4. The number of hydrogen-bond donors (Lipinski definition) is 0. The Morgan fingerprint density at radius 1 is 0.704 bits per heavy atom. The number of unbranched alkanes of at least 4 members (excludes halogenated alkanes) is 9. The highest BCUT2D eigenvalue weighted by atomic mass is 16.5. The van der Waals surface area contributed by atoms with Crippen LogP contribution >= 0.6 is 0 Å². The molecule has 0 spiro atoms. The Morgan fingerprint density at radius 2 is 1.22 bits per heavy atom. The van der Waals surface area contributed by atoms with Crippen molar-refractivity contribution >= 4 is 11.9 Å². The van der Waals surface area contributed by atoms with E-state index in [0.29, 0.717) is 6.61 Å². The molecule has 1 aliphatic rings. The molecular weight excluding hydrogens is 340 g/mol. The largest absolute Gasteiger partial charge is 0.466 e. The Morgan fingerprint density at radius 3 is 1.81 bits per heavy atom. The first-order chi connectivity index (χ1) is 13.2. The molecule has 1 fully saturated rings. The molecule has 4 nitrogen and oxygen atoms in total. The van der Waals surface area contributed by atoms with E-state index in [0.717, 1.165) is 38.5 Å². The zero-order valence-electron chi connectivity index (χ0n) is 17.6.